The first-order chi connectivity index (χ1) is 9.72. The van der Waals surface area contributed by atoms with Crippen molar-refractivity contribution < 1.29 is 4.74 Å². The van der Waals surface area contributed by atoms with Gasteiger partial charge in [-0.3, -0.25) is 0 Å². The average Bonchev–Trinajstić information content (AvgIpc) is 2.49. The summed E-state index contributed by atoms with van der Waals surface area (Å²) in [4.78, 5) is 11.0. The molecule has 0 spiro atoms. The highest BCUT2D eigenvalue weighted by molar-refractivity contribution is 5.79. The minimum absolute atomic E-state index is 0.565. The van der Waals surface area contributed by atoms with Crippen molar-refractivity contribution in [3.05, 3.63) is 23.9 Å². The van der Waals surface area contributed by atoms with E-state index in [-0.39, 0.29) is 0 Å². The fourth-order valence-electron chi connectivity index (χ4n) is 1.86. The Morgan fingerprint density at radius 3 is 2.90 bits per heavy atom. The van der Waals surface area contributed by atoms with E-state index in [2.05, 4.69) is 41.1 Å². The van der Waals surface area contributed by atoms with Crippen LogP contribution in [-0.2, 0) is 6.54 Å². The molecule has 0 aromatic carbocycles. The first-order valence-corrected chi connectivity index (χ1v) is 7.20. The standard InChI is InChI=1S/C15H26N4O/c1-5-7-11-19(3)15(16-6-2)18-12-13-9-8-10-17-14(13)20-4/h8-10H,5-7,11-12H2,1-4H3,(H,16,18). The molecule has 1 rings (SSSR count). The lowest BCUT2D eigenvalue weighted by Gasteiger charge is -2.21. The van der Waals surface area contributed by atoms with Gasteiger partial charge in [-0.05, 0) is 19.4 Å². The highest BCUT2D eigenvalue weighted by Crippen LogP contribution is 2.14. The zero-order chi connectivity index (χ0) is 14.8. The number of aromatic nitrogens is 1. The molecule has 1 heterocycles. The Balaban J connectivity index is 2.75. The van der Waals surface area contributed by atoms with E-state index in [0.717, 1.165) is 31.0 Å². The van der Waals surface area contributed by atoms with Gasteiger partial charge in [0.1, 0.15) is 0 Å². The van der Waals surface area contributed by atoms with Crippen LogP contribution in [0.25, 0.3) is 0 Å². The van der Waals surface area contributed by atoms with Gasteiger partial charge in [0.05, 0.1) is 13.7 Å². The summed E-state index contributed by atoms with van der Waals surface area (Å²) in [5.74, 6) is 1.56. The highest BCUT2D eigenvalue weighted by atomic mass is 16.5. The number of rotatable bonds is 7. The number of guanidine groups is 1. The van der Waals surface area contributed by atoms with Gasteiger partial charge in [-0.2, -0.15) is 0 Å². The molecule has 0 aliphatic carbocycles. The van der Waals surface area contributed by atoms with Gasteiger partial charge in [-0.25, -0.2) is 9.98 Å². The fraction of sp³-hybridized carbons (Fsp3) is 0.600. The zero-order valence-electron chi connectivity index (χ0n) is 13.0. The van der Waals surface area contributed by atoms with Crippen molar-refractivity contribution in [1.29, 1.82) is 0 Å². The Kier molecular flexibility index (Phi) is 7.47. The molecule has 5 nitrogen and oxygen atoms in total. The Bertz CT molecular complexity index is 420. The average molecular weight is 278 g/mol. The van der Waals surface area contributed by atoms with Crippen LogP contribution in [0.1, 0.15) is 32.3 Å². The van der Waals surface area contributed by atoms with Crippen LogP contribution in [0.3, 0.4) is 0 Å². The van der Waals surface area contributed by atoms with Crippen molar-refractivity contribution in [3.8, 4) is 5.88 Å². The molecular formula is C15H26N4O. The molecule has 0 fully saturated rings. The Morgan fingerprint density at radius 2 is 2.25 bits per heavy atom. The lowest BCUT2D eigenvalue weighted by molar-refractivity contribution is 0.392. The van der Waals surface area contributed by atoms with Crippen LogP contribution in [0.4, 0.5) is 0 Å². The van der Waals surface area contributed by atoms with E-state index >= 15 is 0 Å². The predicted molar refractivity (Wildman–Crippen MR) is 83.1 cm³/mol. The van der Waals surface area contributed by atoms with Gasteiger partial charge in [0, 0.05) is 31.9 Å². The van der Waals surface area contributed by atoms with Gasteiger partial charge >= 0.3 is 0 Å². The topological polar surface area (TPSA) is 49.8 Å². The molecule has 1 N–H and O–H groups in total. The van der Waals surface area contributed by atoms with Crippen molar-refractivity contribution in [1.82, 2.24) is 15.2 Å². The Labute approximate surface area is 122 Å². The second-order valence-electron chi connectivity index (χ2n) is 4.62. The molecular weight excluding hydrogens is 252 g/mol. The molecule has 0 saturated heterocycles. The largest absolute Gasteiger partial charge is 0.481 e. The lowest BCUT2D eigenvalue weighted by atomic mass is 10.3. The van der Waals surface area contributed by atoms with Crippen LogP contribution in [-0.4, -0.2) is 43.1 Å². The van der Waals surface area contributed by atoms with Crippen molar-refractivity contribution >= 4 is 5.96 Å². The van der Waals surface area contributed by atoms with Gasteiger partial charge in [-0.1, -0.05) is 19.4 Å². The molecule has 0 unspecified atom stereocenters. The molecule has 0 bridgehead atoms. The maximum Gasteiger partial charge on any atom is 0.218 e. The van der Waals surface area contributed by atoms with Crippen LogP contribution in [0.2, 0.25) is 0 Å². The normalized spacial score (nSPS) is 11.3. The first kappa shape index (κ1) is 16.3. The SMILES string of the molecule is CCCCN(C)C(=NCc1cccnc1OC)NCC. The minimum atomic E-state index is 0.565. The summed E-state index contributed by atoms with van der Waals surface area (Å²) in [7, 11) is 3.70. The van der Waals surface area contributed by atoms with Crippen LogP contribution in [0.15, 0.2) is 23.3 Å². The van der Waals surface area contributed by atoms with Gasteiger partial charge < -0.3 is 15.0 Å². The molecule has 0 aliphatic rings. The summed E-state index contributed by atoms with van der Waals surface area (Å²) in [6.45, 7) is 6.70. The lowest BCUT2D eigenvalue weighted by Crippen LogP contribution is -2.39. The summed E-state index contributed by atoms with van der Waals surface area (Å²) < 4.78 is 5.25. The third-order valence-corrected chi connectivity index (χ3v) is 2.99. The summed E-state index contributed by atoms with van der Waals surface area (Å²) in [6.07, 6.45) is 4.07. The molecule has 1 aromatic rings. The third kappa shape index (κ3) is 5.07. The molecule has 0 amide bonds. The summed E-state index contributed by atoms with van der Waals surface area (Å²) >= 11 is 0. The fourth-order valence-corrected chi connectivity index (χ4v) is 1.86. The van der Waals surface area contributed by atoms with Crippen LogP contribution in [0.5, 0.6) is 5.88 Å². The molecule has 1 aromatic heterocycles. The highest BCUT2D eigenvalue weighted by Gasteiger charge is 2.06. The number of ether oxygens (including phenoxy) is 1. The van der Waals surface area contributed by atoms with E-state index in [1.54, 1.807) is 13.3 Å². The van der Waals surface area contributed by atoms with E-state index in [1.165, 1.54) is 6.42 Å². The molecule has 112 valence electrons. The second kappa shape index (κ2) is 9.18. The first-order valence-electron chi connectivity index (χ1n) is 7.20. The predicted octanol–water partition coefficient (Wildman–Crippen LogP) is 2.29. The zero-order valence-corrected chi connectivity index (χ0v) is 13.0. The maximum atomic E-state index is 5.25. The number of aliphatic imine (C=N–C) groups is 1. The van der Waals surface area contributed by atoms with Gasteiger partial charge in [0.15, 0.2) is 5.96 Å². The third-order valence-electron chi connectivity index (χ3n) is 2.99. The van der Waals surface area contributed by atoms with E-state index in [4.69, 9.17) is 4.74 Å². The summed E-state index contributed by atoms with van der Waals surface area (Å²) in [6, 6.07) is 3.89. The number of methoxy groups -OCH3 is 1. The number of hydrogen-bond donors (Lipinski definition) is 1. The number of unbranched alkanes of at least 4 members (excludes halogenated alkanes) is 1. The van der Waals surface area contributed by atoms with E-state index < -0.39 is 0 Å². The molecule has 0 radical (unpaired) electrons. The summed E-state index contributed by atoms with van der Waals surface area (Å²) in [5, 5.41) is 3.31. The second-order valence-corrected chi connectivity index (χ2v) is 4.62. The van der Waals surface area contributed by atoms with Gasteiger partial charge in [-0.15, -0.1) is 0 Å². The van der Waals surface area contributed by atoms with Crippen LogP contribution < -0.4 is 10.1 Å². The smallest absolute Gasteiger partial charge is 0.218 e. The number of nitrogens with one attached hydrogen (secondary N) is 1. The van der Waals surface area contributed by atoms with E-state index in [0.29, 0.717) is 12.4 Å². The van der Waals surface area contributed by atoms with Crippen LogP contribution in [0, 0.1) is 0 Å². The van der Waals surface area contributed by atoms with Gasteiger partial charge in [0.2, 0.25) is 5.88 Å². The molecule has 0 saturated carbocycles. The van der Waals surface area contributed by atoms with E-state index in [1.807, 2.05) is 12.1 Å². The number of nitrogens with zero attached hydrogens (tertiary/aromatic N) is 3. The Hall–Kier alpha value is -1.78. The van der Waals surface area contributed by atoms with Crippen molar-refractivity contribution in [2.45, 2.75) is 33.2 Å². The molecule has 0 atom stereocenters. The van der Waals surface area contributed by atoms with Gasteiger partial charge in [0.25, 0.3) is 0 Å². The van der Waals surface area contributed by atoms with Crippen LogP contribution >= 0.6 is 0 Å². The number of pyridine rings is 1. The Morgan fingerprint density at radius 1 is 1.45 bits per heavy atom. The van der Waals surface area contributed by atoms with Crippen molar-refractivity contribution in [2.24, 2.45) is 4.99 Å². The number of hydrogen-bond acceptors (Lipinski definition) is 3. The van der Waals surface area contributed by atoms with Crippen molar-refractivity contribution in [2.75, 3.05) is 27.2 Å². The molecule has 0 aliphatic heterocycles. The van der Waals surface area contributed by atoms with E-state index in [9.17, 15) is 0 Å². The summed E-state index contributed by atoms with van der Waals surface area (Å²) in [5.41, 5.74) is 0.995. The quantitative estimate of drug-likeness (QED) is 0.614. The minimum Gasteiger partial charge on any atom is -0.481 e. The van der Waals surface area contributed by atoms with Crippen molar-refractivity contribution in [3.63, 3.8) is 0 Å². The monoisotopic (exact) mass is 278 g/mol. The molecule has 20 heavy (non-hydrogen) atoms. The maximum absolute atomic E-state index is 5.25. The molecule has 5 heteroatoms.